The smallest absolute Gasteiger partial charge is 0.291 e. The molecule has 3 rings (SSSR count). The summed E-state index contributed by atoms with van der Waals surface area (Å²) in [5.41, 5.74) is -0.184. The molecule has 0 aromatic carbocycles. The van der Waals surface area contributed by atoms with Gasteiger partial charge in [-0.1, -0.05) is 0 Å². The molecule has 2 saturated heterocycles. The molecule has 3 heterocycles. The Labute approximate surface area is 148 Å². The van der Waals surface area contributed by atoms with Gasteiger partial charge in [-0.25, -0.2) is 9.97 Å². The fourth-order valence-electron chi connectivity index (χ4n) is 3.59. The number of rotatable bonds is 2. The molecule has 1 atom stereocenters. The van der Waals surface area contributed by atoms with Crippen molar-refractivity contribution in [2.75, 3.05) is 26.2 Å². The summed E-state index contributed by atoms with van der Waals surface area (Å²) in [5.74, 6) is -0.0546. The monoisotopic (exact) mass is 346 g/mol. The zero-order valence-electron chi connectivity index (χ0n) is 15.2. The SMILES string of the molecule is Cc1ccnc(C(=O)N2CCOC3(CCCCN(C(C)C)C3=O)C2)n1. The second-order valence-corrected chi connectivity index (χ2v) is 7.14. The average Bonchev–Trinajstić information content (AvgIpc) is 2.74. The van der Waals surface area contributed by atoms with Gasteiger partial charge in [-0.3, -0.25) is 9.59 Å². The summed E-state index contributed by atoms with van der Waals surface area (Å²) in [6, 6.07) is 1.88. The summed E-state index contributed by atoms with van der Waals surface area (Å²) in [6.07, 6.45) is 4.11. The number of carbonyl (C=O) groups excluding carboxylic acids is 2. The summed E-state index contributed by atoms with van der Waals surface area (Å²) < 4.78 is 5.99. The van der Waals surface area contributed by atoms with Crippen LogP contribution in [-0.4, -0.2) is 69.5 Å². The lowest BCUT2D eigenvalue weighted by Crippen LogP contribution is -2.61. The highest BCUT2D eigenvalue weighted by atomic mass is 16.5. The predicted octanol–water partition coefficient (Wildman–Crippen LogP) is 1.42. The van der Waals surface area contributed by atoms with E-state index < -0.39 is 5.60 Å². The van der Waals surface area contributed by atoms with E-state index in [-0.39, 0.29) is 30.2 Å². The van der Waals surface area contributed by atoms with Gasteiger partial charge in [0, 0.05) is 31.0 Å². The van der Waals surface area contributed by atoms with Crippen molar-refractivity contribution in [3.8, 4) is 0 Å². The molecule has 7 heteroatoms. The van der Waals surface area contributed by atoms with Crippen molar-refractivity contribution in [1.29, 1.82) is 0 Å². The molecule has 0 aliphatic carbocycles. The molecule has 1 aromatic heterocycles. The highest BCUT2D eigenvalue weighted by Crippen LogP contribution is 2.31. The maximum absolute atomic E-state index is 13.2. The molecule has 0 radical (unpaired) electrons. The molecule has 2 aliphatic rings. The molecule has 7 nitrogen and oxygen atoms in total. The van der Waals surface area contributed by atoms with Crippen LogP contribution in [0.4, 0.5) is 0 Å². The largest absolute Gasteiger partial charge is 0.361 e. The minimum atomic E-state index is -0.932. The molecule has 1 unspecified atom stereocenters. The Morgan fingerprint density at radius 3 is 2.84 bits per heavy atom. The molecule has 0 saturated carbocycles. The van der Waals surface area contributed by atoms with Crippen LogP contribution < -0.4 is 0 Å². The van der Waals surface area contributed by atoms with Crippen molar-refractivity contribution >= 4 is 11.8 Å². The molecule has 25 heavy (non-hydrogen) atoms. The first kappa shape index (κ1) is 17.8. The fraction of sp³-hybridized carbons (Fsp3) is 0.667. The zero-order chi connectivity index (χ0) is 18.0. The number of ether oxygens (including phenoxy) is 1. The van der Waals surface area contributed by atoms with Gasteiger partial charge in [-0.15, -0.1) is 0 Å². The van der Waals surface area contributed by atoms with E-state index >= 15 is 0 Å². The van der Waals surface area contributed by atoms with Gasteiger partial charge in [0.05, 0.1) is 13.2 Å². The topological polar surface area (TPSA) is 75.6 Å². The summed E-state index contributed by atoms with van der Waals surface area (Å²) in [5, 5.41) is 0. The molecular weight excluding hydrogens is 320 g/mol. The van der Waals surface area contributed by atoms with E-state index in [0.717, 1.165) is 25.1 Å². The normalized spacial score (nSPS) is 24.7. The van der Waals surface area contributed by atoms with E-state index in [2.05, 4.69) is 9.97 Å². The maximum atomic E-state index is 13.2. The van der Waals surface area contributed by atoms with Gasteiger partial charge in [-0.2, -0.15) is 0 Å². The van der Waals surface area contributed by atoms with Gasteiger partial charge in [0.1, 0.15) is 0 Å². The predicted molar refractivity (Wildman–Crippen MR) is 92.1 cm³/mol. The Balaban J connectivity index is 1.84. The maximum Gasteiger partial charge on any atom is 0.291 e. The molecule has 1 aromatic rings. The molecule has 2 fully saturated rings. The first-order valence-corrected chi connectivity index (χ1v) is 8.97. The van der Waals surface area contributed by atoms with Crippen LogP contribution in [0.1, 0.15) is 49.4 Å². The van der Waals surface area contributed by atoms with Gasteiger partial charge in [0.15, 0.2) is 5.60 Å². The van der Waals surface area contributed by atoms with Crippen molar-refractivity contribution in [2.24, 2.45) is 0 Å². The highest BCUT2D eigenvalue weighted by Gasteiger charge is 2.48. The second-order valence-electron chi connectivity index (χ2n) is 7.14. The summed E-state index contributed by atoms with van der Waals surface area (Å²) in [6.45, 7) is 7.69. The van der Waals surface area contributed by atoms with Crippen molar-refractivity contribution in [2.45, 2.75) is 51.7 Å². The molecule has 1 spiro atoms. The number of morpholine rings is 1. The van der Waals surface area contributed by atoms with Gasteiger partial charge in [0.2, 0.25) is 5.82 Å². The van der Waals surface area contributed by atoms with E-state index in [1.165, 1.54) is 0 Å². The van der Waals surface area contributed by atoms with Crippen LogP contribution in [0.2, 0.25) is 0 Å². The van der Waals surface area contributed by atoms with E-state index in [1.807, 2.05) is 25.7 Å². The van der Waals surface area contributed by atoms with Crippen LogP contribution in [0.5, 0.6) is 0 Å². The fourth-order valence-corrected chi connectivity index (χ4v) is 3.59. The van der Waals surface area contributed by atoms with Gasteiger partial charge >= 0.3 is 0 Å². The first-order valence-electron chi connectivity index (χ1n) is 8.97. The van der Waals surface area contributed by atoms with Crippen LogP contribution in [0.3, 0.4) is 0 Å². The molecule has 2 aliphatic heterocycles. The standard InChI is InChI=1S/C18H26N4O3/c1-13(2)22-9-5-4-7-18(17(22)24)12-21(10-11-25-18)16(23)15-19-8-6-14(3)20-15/h6,8,13H,4-5,7,9-12H2,1-3H3. The van der Waals surface area contributed by atoms with Crippen LogP contribution in [-0.2, 0) is 9.53 Å². The second kappa shape index (κ2) is 7.07. The van der Waals surface area contributed by atoms with Crippen molar-refractivity contribution in [3.05, 3.63) is 23.8 Å². The number of aryl methyl sites for hydroxylation is 1. The van der Waals surface area contributed by atoms with E-state index in [0.29, 0.717) is 19.6 Å². The van der Waals surface area contributed by atoms with Gasteiger partial charge < -0.3 is 14.5 Å². The quantitative estimate of drug-likeness (QED) is 0.809. The summed E-state index contributed by atoms with van der Waals surface area (Å²) in [7, 11) is 0. The van der Waals surface area contributed by atoms with Crippen molar-refractivity contribution in [3.63, 3.8) is 0 Å². The van der Waals surface area contributed by atoms with E-state index in [1.54, 1.807) is 17.2 Å². The summed E-state index contributed by atoms with van der Waals surface area (Å²) >= 11 is 0. The Morgan fingerprint density at radius 2 is 2.12 bits per heavy atom. The zero-order valence-corrected chi connectivity index (χ0v) is 15.2. The van der Waals surface area contributed by atoms with Crippen molar-refractivity contribution < 1.29 is 14.3 Å². The highest BCUT2D eigenvalue weighted by molar-refractivity contribution is 5.92. The third kappa shape index (κ3) is 3.51. The Morgan fingerprint density at radius 1 is 1.32 bits per heavy atom. The van der Waals surface area contributed by atoms with Crippen molar-refractivity contribution in [1.82, 2.24) is 19.8 Å². The Hall–Kier alpha value is -2.02. The number of nitrogens with zero attached hydrogens (tertiary/aromatic N) is 4. The first-order chi connectivity index (χ1) is 11.9. The van der Waals surface area contributed by atoms with Crippen LogP contribution in [0.15, 0.2) is 12.3 Å². The number of hydrogen-bond acceptors (Lipinski definition) is 5. The van der Waals surface area contributed by atoms with Crippen LogP contribution in [0.25, 0.3) is 0 Å². The van der Waals surface area contributed by atoms with Gasteiger partial charge in [0.25, 0.3) is 11.8 Å². The third-order valence-electron chi connectivity index (χ3n) is 4.96. The summed E-state index contributed by atoms with van der Waals surface area (Å²) in [4.78, 5) is 37.8. The minimum Gasteiger partial charge on any atom is -0.361 e. The van der Waals surface area contributed by atoms with E-state index in [4.69, 9.17) is 4.74 Å². The van der Waals surface area contributed by atoms with Gasteiger partial charge in [-0.05, 0) is 46.1 Å². The lowest BCUT2D eigenvalue weighted by atomic mass is 9.93. The van der Waals surface area contributed by atoms with Crippen LogP contribution >= 0.6 is 0 Å². The molecular formula is C18H26N4O3. The van der Waals surface area contributed by atoms with E-state index in [9.17, 15) is 9.59 Å². The Kier molecular flexibility index (Phi) is 5.03. The molecule has 2 amide bonds. The Bertz CT molecular complexity index is 663. The third-order valence-corrected chi connectivity index (χ3v) is 4.96. The van der Waals surface area contributed by atoms with Crippen LogP contribution in [0, 0.1) is 6.92 Å². The lowest BCUT2D eigenvalue weighted by molar-refractivity contribution is -0.169. The number of aromatic nitrogens is 2. The average molecular weight is 346 g/mol. The number of hydrogen-bond donors (Lipinski definition) is 0. The minimum absolute atomic E-state index is 0.00246. The number of carbonyl (C=O) groups is 2. The number of amides is 2. The number of likely N-dealkylation sites (tertiary alicyclic amines) is 1. The molecule has 136 valence electrons. The molecule has 0 N–H and O–H groups in total. The lowest BCUT2D eigenvalue weighted by Gasteiger charge is -2.43. The molecule has 0 bridgehead atoms.